The van der Waals surface area contributed by atoms with Crippen LogP contribution in [0.3, 0.4) is 0 Å². The Morgan fingerprint density at radius 3 is 2.88 bits per heavy atom. The summed E-state index contributed by atoms with van der Waals surface area (Å²) >= 11 is 0. The molecule has 0 aliphatic heterocycles. The van der Waals surface area contributed by atoms with Gasteiger partial charge in [-0.3, -0.25) is 0 Å². The normalized spacial score (nSPS) is 25.4. The molecule has 0 radical (unpaired) electrons. The second-order valence-corrected chi connectivity index (χ2v) is 4.65. The van der Waals surface area contributed by atoms with Gasteiger partial charge in [-0.1, -0.05) is 18.9 Å². The fraction of sp³-hybridized carbons (Fsp3) is 0.615. The molecule has 2 N–H and O–H groups in total. The second-order valence-electron chi connectivity index (χ2n) is 4.65. The molecule has 16 heavy (non-hydrogen) atoms. The molecule has 1 aliphatic rings. The Morgan fingerprint density at radius 2 is 2.19 bits per heavy atom. The number of pyridine rings is 1. The van der Waals surface area contributed by atoms with Crippen molar-refractivity contribution in [2.75, 3.05) is 18.5 Å². The van der Waals surface area contributed by atoms with E-state index in [1.807, 2.05) is 18.3 Å². The molecule has 1 aliphatic carbocycles. The third-order valence-corrected chi connectivity index (χ3v) is 3.68. The molecule has 2 rings (SSSR count). The molecule has 0 aromatic carbocycles. The average Bonchev–Trinajstić information content (AvgIpc) is 2.39. The topological polar surface area (TPSA) is 42.2 Å². The van der Waals surface area contributed by atoms with E-state index in [1.54, 1.807) is 0 Å². The first-order valence-electron chi connectivity index (χ1n) is 6.17. The first kappa shape index (κ1) is 11.4. The summed E-state index contributed by atoms with van der Waals surface area (Å²) in [5.74, 6) is 1.69. The van der Waals surface area contributed by atoms with Crippen LogP contribution in [0.2, 0.25) is 0 Å². The zero-order valence-corrected chi connectivity index (χ0v) is 9.97. The van der Waals surface area contributed by atoms with E-state index < -0.39 is 0 Å². The quantitative estimate of drug-likeness (QED) is 0.846. The van der Waals surface area contributed by atoms with E-state index in [0.717, 1.165) is 12.4 Å². The van der Waals surface area contributed by atoms with Crippen molar-refractivity contribution in [1.29, 1.82) is 0 Å². The minimum Gasteiger partial charge on any atom is -0.356 e. The lowest BCUT2D eigenvalue weighted by molar-refractivity contribution is 0.305. The van der Waals surface area contributed by atoms with Crippen LogP contribution in [0.4, 0.5) is 5.82 Å². The lowest BCUT2D eigenvalue weighted by Crippen LogP contribution is -2.43. The van der Waals surface area contributed by atoms with E-state index in [9.17, 15) is 0 Å². The average molecular weight is 219 g/mol. The maximum absolute atomic E-state index is 5.86. The summed E-state index contributed by atoms with van der Waals surface area (Å²) < 4.78 is 0. The molecule has 1 aromatic heterocycles. The Hall–Kier alpha value is -1.09. The minimum atomic E-state index is 0.564. The van der Waals surface area contributed by atoms with Crippen molar-refractivity contribution in [2.24, 2.45) is 11.7 Å². The van der Waals surface area contributed by atoms with Gasteiger partial charge in [0, 0.05) is 19.3 Å². The summed E-state index contributed by atoms with van der Waals surface area (Å²) in [6.07, 6.45) is 7.01. The van der Waals surface area contributed by atoms with Crippen molar-refractivity contribution in [3.05, 3.63) is 24.4 Å². The minimum absolute atomic E-state index is 0.564. The number of nitrogens with two attached hydrogens (primary N) is 1. The first-order valence-corrected chi connectivity index (χ1v) is 6.17. The van der Waals surface area contributed by atoms with Crippen LogP contribution in [-0.2, 0) is 0 Å². The highest BCUT2D eigenvalue weighted by atomic mass is 15.2. The zero-order valence-electron chi connectivity index (χ0n) is 9.97. The summed E-state index contributed by atoms with van der Waals surface area (Å²) in [7, 11) is 2.14. The fourth-order valence-corrected chi connectivity index (χ4v) is 2.71. The van der Waals surface area contributed by atoms with E-state index in [-0.39, 0.29) is 0 Å². The molecule has 2 unspecified atom stereocenters. The van der Waals surface area contributed by atoms with Crippen molar-refractivity contribution in [3.63, 3.8) is 0 Å². The van der Waals surface area contributed by atoms with Gasteiger partial charge in [0.15, 0.2) is 0 Å². The Bertz CT molecular complexity index is 312. The van der Waals surface area contributed by atoms with Gasteiger partial charge in [0.25, 0.3) is 0 Å². The summed E-state index contributed by atoms with van der Waals surface area (Å²) in [6.45, 7) is 0.793. The summed E-state index contributed by atoms with van der Waals surface area (Å²) in [5, 5.41) is 0. The van der Waals surface area contributed by atoms with Crippen molar-refractivity contribution >= 4 is 5.82 Å². The van der Waals surface area contributed by atoms with E-state index in [2.05, 4.69) is 23.0 Å². The highest BCUT2D eigenvalue weighted by molar-refractivity contribution is 5.38. The maximum atomic E-state index is 5.86. The monoisotopic (exact) mass is 219 g/mol. The summed E-state index contributed by atoms with van der Waals surface area (Å²) in [6, 6.07) is 6.63. The van der Waals surface area contributed by atoms with Gasteiger partial charge in [-0.2, -0.15) is 0 Å². The Labute approximate surface area is 97.7 Å². The Balaban J connectivity index is 2.10. The maximum Gasteiger partial charge on any atom is 0.128 e. The Kier molecular flexibility index (Phi) is 3.78. The van der Waals surface area contributed by atoms with Crippen LogP contribution in [0, 0.1) is 5.92 Å². The highest BCUT2D eigenvalue weighted by Gasteiger charge is 2.27. The van der Waals surface area contributed by atoms with E-state index >= 15 is 0 Å². The molecular formula is C13H21N3. The van der Waals surface area contributed by atoms with Gasteiger partial charge in [-0.15, -0.1) is 0 Å². The van der Waals surface area contributed by atoms with Gasteiger partial charge < -0.3 is 10.6 Å². The molecule has 3 nitrogen and oxygen atoms in total. The van der Waals surface area contributed by atoms with Gasteiger partial charge in [0.1, 0.15) is 5.82 Å². The summed E-state index contributed by atoms with van der Waals surface area (Å²) in [4.78, 5) is 6.71. The van der Waals surface area contributed by atoms with Gasteiger partial charge in [-0.25, -0.2) is 4.98 Å². The van der Waals surface area contributed by atoms with Gasteiger partial charge >= 0.3 is 0 Å². The van der Waals surface area contributed by atoms with Crippen LogP contribution in [0.15, 0.2) is 24.4 Å². The predicted octanol–water partition coefficient (Wildman–Crippen LogP) is 2.04. The number of aromatic nitrogens is 1. The molecule has 2 atom stereocenters. The molecule has 1 aromatic rings. The molecule has 0 amide bonds. The predicted molar refractivity (Wildman–Crippen MR) is 67.4 cm³/mol. The van der Waals surface area contributed by atoms with Gasteiger partial charge in [-0.05, 0) is 37.4 Å². The van der Waals surface area contributed by atoms with Crippen LogP contribution < -0.4 is 10.6 Å². The lowest BCUT2D eigenvalue weighted by Gasteiger charge is -2.38. The molecular weight excluding hydrogens is 198 g/mol. The molecule has 0 saturated heterocycles. The molecule has 88 valence electrons. The number of hydrogen-bond donors (Lipinski definition) is 1. The number of nitrogens with zero attached hydrogens (tertiary/aromatic N) is 2. The van der Waals surface area contributed by atoms with Crippen molar-refractivity contribution < 1.29 is 0 Å². The number of hydrogen-bond acceptors (Lipinski definition) is 3. The molecule has 3 heteroatoms. The third-order valence-electron chi connectivity index (χ3n) is 3.68. The van der Waals surface area contributed by atoms with Crippen LogP contribution in [-0.4, -0.2) is 24.6 Å². The van der Waals surface area contributed by atoms with Crippen LogP contribution in [0.1, 0.15) is 25.7 Å². The zero-order chi connectivity index (χ0) is 11.4. The smallest absolute Gasteiger partial charge is 0.128 e. The number of rotatable bonds is 3. The van der Waals surface area contributed by atoms with Gasteiger partial charge in [0.05, 0.1) is 0 Å². The molecule has 1 fully saturated rings. The fourth-order valence-electron chi connectivity index (χ4n) is 2.71. The molecule has 1 saturated carbocycles. The van der Waals surface area contributed by atoms with Crippen molar-refractivity contribution in [3.8, 4) is 0 Å². The lowest BCUT2D eigenvalue weighted by atomic mass is 9.84. The third kappa shape index (κ3) is 2.35. The van der Waals surface area contributed by atoms with Crippen LogP contribution in [0.5, 0.6) is 0 Å². The highest BCUT2D eigenvalue weighted by Crippen LogP contribution is 2.29. The summed E-state index contributed by atoms with van der Waals surface area (Å²) in [5.41, 5.74) is 5.86. The van der Waals surface area contributed by atoms with E-state index in [0.29, 0.717) is 12.0 Å². The van der Waals surface area contributed by atoms with E-state index in [1.165, 1.54) is 25.7 Å². The van der Waals surface area contributed by atoms with E-state index in [4.69, 9.17) is 5.73 Å². The standard InChI is InChI=1S/C13H21N3/c1-16(13-8-4-5-9-15-13)12-7-3-2-6-11(12)10-14/h4-5,8-9,11-12H,2-3,6-7,10,14H2,1H3. The number of anilines is 1. The van der Waals surface area contributed by atoms with Crippen LogP contribution >= 0.6 is 0 Å². The first-order chi connectivity index (χ1) is 7.83. The van der Waals surface area contributed by atoms with Crippen molar-refractivity contribution in [1.82, 2.24) is 4.98 Å². The largest absolute Gasteiger partial charge is 0.356 e. The van der Waals surface area contributed by atoms with Gasteiger partial charge in [0.2, 0.25) is 0 Å². The molecule has 1 heterocycles. The van der Waals surface area contributed by atoms with Crippen molar-refractivity contribution in [2.45, 2.75) is 31.7 Å². The Morgan fingerprint density at radius 1 is 1.38 bits per heavy atom. The second kappa shape index (κ2) is 5.30. The molecule has 0 bridgehead atoms. The SMILES string of the molecule is CN(c1ccccn1)C1CCCCC1CN. The molecule has 0 spiro atoms. The van der Waals surface area contributed by atoms with Crippen LogP contribution in [0.25, 0.3) is 0 Å².